The zero-order valence-electron chi connectivity index (χ0n) is 22.1. The molecule has 0 bridgehead atoms. The number of tetrazole rings is 1. The Balaban J connectivity index is 1.33. The quantitative estimate of drug-likeness (QED) is 0.379. The molecule has 0 aliphatic carbocycles. The number of aromatic nitrogens is 5. The van der Waals surface area contributed by atoms with Crippen LogP contribution in [0.3, 0.4) is 0 Å². The van der Waals surface area contributed by atoms with Crippen LogP contribution in [-0.2, 0) is 24.1 Å². The van der Waals surface area contributed by atoms with Crippen molar-refractivity contribution in [2.24, 2.45) is 5.92 Å². The molecule has 0 amide bonds. The van der Waals surface area contributed by atoms with Crippen LogP contribution < -0.4 is 5.56 Å². The Labute approximate surface area is 223 Å². The second-order valence-electron chi connectivity index (χ2n) is 10.8. The number of H-pyrrole nitrogens is 1. The predicted molar refractivity (Wildman–Crippen MR) is 147 cm³/mol. The van der Waals surface area contributed by atoms with E-state index in [4.69, 9.17) is 4.74 Å². The zero-order chi connectivity index (χ0) is 25.9. The predicted octanol–water partition coefficient (Wildman–Crippen LogP) is 4.30. The third-order valence-electron chi connectivity index (χ3n) is 8.23. The van der Waals surface area contributed by atoms with Gasteiger partial charge in [-0.1, -0.05) is 43.3 Å². The number of nitrogens with one attached hydrogen (secondary N) is 1. The molecule has 0 saturated carbocycles. The molecule has 2 aliphatic rings. The zero-order valence-corrected chi connectivity index (χ0v) is 22.1. The molecule has 0 radical (unpaired) electrons. The molecular weight excluding hydrogens is 476 g/mol. The summed E-state index contributed by atoms with van der Waals surface area (Å²) in [6, 6.07) is 18.7. The van der Waals surface area contributed by atoms with E-state index in [-0.39, 0.29) is 17.7 Å². The van der Waals surface area contributed by atoms with Gasteiger partial charge in [-0.05, 0) is 103 Å². The van der Waals surface area contributed by atoms with Crippen molar-refractivity contribution in [2.75, 3.05) is 19.7 Å². The summed E-state index contributed by atoms with van der Waals surface area (Å²) < 4.78 is 7.76. The lowest BCUT2D eigenvalue weighted by Crippen LogP contribution is -2.41. The second-order valence-corrected chi connectivity index (χ2v) is 10.8. The molecule has 1 N–H and O–H groups in total. The maximum atomic E-state index is 13.5. The number of benzene rings is 2. The van der Waals surface area contributed by atoms with E-state index in [1.807, 2.05) is 10.7 Å². The molecule has 2 aliphatic heterocycles. The van der Waals surface area contributed by atoms with Gasteiger partial charge in [-0.2, -0.15) is 0 Å². The second kappa shape index (κ2) is 11.2. The van der Waals surface area contributed by atoms with E-state index in [1.54, 1.807) is 0 Å². The van der Waals surface area contributed by atoms with Crippen molar-refractivity contribution in [1.82, 2.24) is 30.1 Å². The van der Waals surface area contributed by atoms with Crippen LogP contribution in [0.4, 0.5) is 0 Å². The number of pyridine rings is 1. The van der Waals surface area contributed by atoms with E-state index < -0.39 is 0 Å². The van der Waals surface area contributed by atoms with Crippen LogP contribution in [-0.4, -0.2) is 55.9 Å². The third kappa shape index (κ3) is 5.28. The van der Waals surface area contributed by atoms with Crippen LogP contribution in [0.1, 0.15) is 61.2 Å². The topological polar surface area (TPSA) is 88.9 Å². The molecule has 8 heteroatoms. The van der Waals surface area contributed by atoms with E-state index in [0.29, 0.717) is 18.0 Å². The van der Waals surface area contributed by atoms with Crippen molar-refractivity contribution in [1.29, 1.82) is 0 Å². The molecule has 2 saturated heterocycles. The van der Waals surface area contributed by atoms with E-state index in [0.717, 1.165) is 74.9 Å². The summed E-state index contributed by atoms with van der Waals surface area (Å²) in [5.74, 6) is 1.35. The number of hydrogen-bond acceptors (Lipinski definition) is 6. The van der Waals surface area contributed by atoms with Gasteiger partial charge in [0, 0.05) is 17.7 Å². The molecule has 198 valence electrons. The van der Waals surface area contributed by atoms with Crippen LogP contribution in [0, 0.1) is 5.92 Å². The number of likely N-dealkylation sites (tertiary alicyclic amines) is 1. The van der Waals surface area contributed by atoms with Gasteiger partial charge in [-0.15, -0.1) is 5.10 Å². The van der Waals surface area contributed by atoms with Gasteiger partial charge in [-0.3, -0.25) is 9.69 Å². The minimum Gasteiger partial charge on any atom is -0.376 e. The molecule has 6 rings (SSSR count). The highest BCUT2D eigenvalue weighted by Gasteiger charge is 2.34. The summed E-state index contributed by atoms with van der Waals surface area (Å²) in [4.78, 5) is 19.1. The Kier molecular flexibility index (Phi) is 7.33. The summed E-state index contributed by atoms with van der Waals surface area (Å²) >= 11 is 0. The van der Waals surface area contributed by atoms with Crippen molar-refractivity contribution >= 4 is 10.9 Å². The Hall–Kier alpha value is -3.36. The number of fused-ring (bicyclic) bond motifs is 1. The molecule has 2 aromatic carbocycles. The molecule has 0 spiro atoms. The van der Waals surface area contributed by atoms with Gasteiger partial charge in [-0.25, -0.2) is 4.68 Å². The molecule has 2 atom stereocenters. The van der Waals surface area contributed by atoms with Crippen molar-refractivity contribution in [3.63, 3.8) is 0 Å². The average Bonchev–Trinajstić information content (AvgIpc) is 3.63. The first kappa shape index (κ1) is 24.9. The van der Waals surface area contributed by atoms with Crippen molar-refractivity contribution < 1.29 is 4.74 Å². The number of ether oxygens (including phenoxy) is 1. The summed E-state index contributed by atoms with van der Waals surface area (Å²) in [5, 5.41) is 14.0. The average molecular weight is 513 g/mol. The highest BCUT2D eigenvalue weighted by Crippen LogP contribution is 2.32. The first-order chi connectivity index (χ1) is 18.7. The Morgan fingerprint density at radius 2 is 1.89 bits per heavy atom. The minimum atomic E-state index is -0.317. The molecule has 0 unspecified atom stereocenters. The van der Waals surface area contributed by atoms with Crippen molar-refractivity contribution in [3.8, 4) is 0 Å². The van der Waals surface area contributed by atoms with Gasteiger partial charge < -0.3 is 9.72 Å². The third-order valence-corrected chi connectivity index (χ3v) is 8.23. The highest BCUT2D eigenvalue weighted by atomic mass is 16.5. The molecule has 4 aromatic rings. The SMILES string of the molecule is CCc1ccc2[nH]c(=O)c([C@@H](c3nnnn3C[C@@H]3CCCO3)N3CCC(Cc4ccccc4)CC3)cc2c1. The molecular formula is C30H36N6O2. The van der Waals surface area contributed by atoms with Crippen molar-refractivity contribution in [3.05, 3.63) is 87.5 Å². The Morgan fingerprint density at radius 1 is 1.05 bits per heavy atom. The molecule has 2 aromatic heterocycles. The number of hydrogen-bond donors (Lipinski definition) is 1. The molecule has 2 fully saturated rings. The van der Waals surface area contributed by atoms with Gasteiger partial charge in [0.05, 0.1) is 12.6 Å². The lowest BCUT2D eigenvalue weighted by Gasteiger charge is -2.37. The summed E-state index contributed by atoms with van der Waals surface area (Å²) in [5.41, 5.74) is 4.12. The maximum Gasteiger partial charge on any atom is 0.253 e. The van der Waals surface area contributed by atoms with E-state index in [9.17, 15) is 4.79 Å². The fourth-order valence-electron chi connectivity index (χ4n) is 6.08. The van der Waals surface area contributed by atoms with Crippen LogP contribution >= 0.6 is 0 Å². The molecule has 4 heterocycles. The fraction of sp³-hybridized carbons (Fsp3) is 0.467. The Morgan fingerprint density at radius 3 is 2.66 bits per heavy atom. The largest absolute Gasteiger partial charge is 0.376 e. The van der Waals surface area contributed by atoms with E-state index in [2.05, 4.69) is 80.9 Å². The van der Waals surface area contributed by atoms with Crippen LogP contribution in [0.25, 0.3) is 10.9 Å². The monoisotopic (exact) mass is 512 g/mol. The molecule has 8 nitrogen and oxygen atoms in total. The maximum absolute atomic E-state index is 13.5. The number of aromatic amines is 1. The number of nitrogens with zero attached hydrogens (tertiary/aromatic N) is 5. The fourth-order valence-corrected chi connectivity index (χ4v) is 6.08. The van der Waals surface area contributed by atoms with Crippen LogP contribution in [0.15, 0.2) is 59.4 Å². The first-order valence-corrected chi connectivity index (χ1v) is 14.0. The highest BCUT2D eigenvalue weighted by molar-refractivity contribution is 5.80. The lowest BCUT2D eigenvalue weighted by molar-refractivity contribution is 0.0892. The number of aryl methyl sites for hydroxylation is 1. The van der Waals surface area contributed by atoms with Crippen molar-refractivity contribution in [2.45, 2.75) is 64.1 Å². The van der Waals surface area contributed by atoms with Gasteiger partial charge in [0.25, 0.3) is 5.56 Å². The van der Waals surface area contributed by atoms with E-state index in [1.165, 1.54) is 11.1 Å². The van der Waals surface area contributed by atoms with E-state index >= 15 is 0 Å². The summed E-state index contributed by atoms with van der Waals surface area (Å²) in [6.07, 6.45) is 6.36. The number of rotatable bonds is 8. The van der Waals surface area contributed by atoms with Gasteiger partial charge >= 0.3 is 0 Å². The normalized spacial score (nSPS) is 19.8. The van der Waals surface area contributed by atoms with Crippen LogP contribution in [0.2, 0.25) is 0 Å². The van der Waals surface area contributed by atoms with Gasteiger partial charge in [0.2, 0.25) is 0 Å². The number of piperidine rings is 1. The lowest BCUT2D eigenvalue weighted by atomic mass is 9.89. The standard InChI is InChI=1S/C30H36N6O2/c1-2-21-10-11-27-24(18-21)19-26(30(37)31-27)28(29-32-33-34-36(29)20-25-9-6-16-38-25)35-14-12-23(13-15-35)17-22-7-4-3-5-8-22/h3-5,7-8,10-11,18-19,23,25,28H,2,6,9,12-17,20H2,1H3,(H,31,37)/t25-,28-/m0/s1. The first-order valence-electron chi connectivity index (χ1n) is 14.0. The minimum absolute atomic E-state index is 0.0789. The summed E-state index contributed by atoms with van der Waals surface area (Å²) in [7, 11) is 0. The smallest absolute Gasteiger partial charge is 0.253 e. The van der Waals surface area contributed by atoms with Crippen LogP contribution in [0.5, 0.6) is 0 Å². The van der Waals surface area contributed by atoms with Gasteiger partial charge in [0.15, 0.2) is 5.82 Å². The Bertz CT molecular complexity index is 1420. The summed E-state index contributed by atoms with van der Waals surface area (Å²) in [6.45, 7) is 5.32. The molecule has 38 heavy (non-hydrogen) atoms. The van der Waals surface area contributed by atoms with Gasteiger partial charge in [0.1, 0.15) is 6.04 Å².